The van der Waals surface area contributed by atoms with E-state index in [9.17, 15) is 35.1 Å². The van der Waals surface area contributed by atoms with Gasteiger partial charge in [0.25, 0.3) is 6.17 Å². The molecule has 1 fully saturated rings. The summed E-state index contributed by atoms with van der Waals surface area (Å²) in [6.45, 7) is 0.493. The summed E-state index contributed by atoms with van der Waals surface area (Å²) in [5.41, 5.74) is 3.77. The second kappa shape index (κ2) is 6.02. The van der Waals surface area contributed by atoms with Crippen molar-refractivity contribution < 1.29 is 19.7 Å². The predicted molar refractivity (Wildman–Crippen MR) is 58.7 cm³/mol. The summed E-state index contributed by atoms with van der Waals surface area (Å²) in [4.78, 5) is 41.8. The first-order valence-corrected chi connectivity index (χ1v) is 5.24. The van der Waals surface area contributed by atoms with Crippen LogP contribution in [0.3, 0.4) is 0 Å². The second-order valence-electron chi connectivity index (χ2n) is 3.88. The van der Waals surface area contributed by atoms with E-state index < -0.39 is 46.0 Å². The number of nitrogens with zero attached hydrogens (tertiary/aromatic N) is 5. The fourth-order valence-corrected chi connectivity index (χ4v) is 1.49. The van der Waals surface area contributed by atoms with E-state index in [1.807, 2.05) is 11.0 Å². The molecule has 0 aromatic carbocycles. The van der Waals surface area contributed by atoms with Crippen LogP contribution in [-0.2, 0) is 4.79 Å². The van der Waals surface area contributed by atoms with Gasteiger partial charge in [-0.1, -0.05) is 11.0 Å². The van der Waals surface area contributed by atoms with Crippen molar-refractivity contribution in [1.29, 1.82) is 0 Å². The number of nitro groups is 3. The molecular weight excluding hydrogens is 282 g/mol. The van der Waals surface area contributed by atoms with Gasteiger partial charge in [-0.2, -0.15) is 0 Å². The Kier molecular flexibility index (Phi) is 4.65. The minimum atomic E-state index is -1.74. The molecule has 1 aliphatic heterocycles. The minimum Gasteiger partial charge on any atom is -0.274 e. The molecule has 0 aromatic rings. The van der Waals surface area contributed by atoms with Gasteiger partial charge in [0, 0.05) is 16.8 Å². The standard InChI is InChI=1S/C6H11N7O7/c1-4(14)9-3-5(10(15)16)2-6(11(17)18)7-12(8-9)13(19)20/h5-8H,2-3H2,1H3. The Balaban J connectivity index is 3.02. The van der Waals surface area contributed by atoms with Gasteiger partial charge in [-0.15, -0.1) is 0 Å². The number of hydrogen-bond acceptors (Lipinski definition) is 9. The van der Waals surface area contributed by atoms with Crippen molar-refractivity contribution in [3.63, 3.8) is 0 Å². The largest absolute Gasteiger partial charge is 0.294 e. The Morgan fingerprint density at radius 1 is 1.20 bits per heavy atom. The summed E-state index contributed by atoms with van der Waals surface area (Å²) in [5.74, 6) is -0.718. The lowest BCUT2D eigenvalue weighted by Gasteiger charge is -2.29. The molecule has 2 unspecified atom stereocenters. The molecule has 14 heteroatoms. The summed E-state index contributed by atoms with van der Waals surface area (Å²) >= 11 is 0. The molecule has 1 rings (SSSR count). The van der Waals surface area contributed by atoms with E-state index in [4.69, 9.17) is 0 Å². The quantitative estimate of drug-likeness (QED) is 0.432. The Morgan fingerprint density at radius 2 is 1.80 bits per heavy atom. The van der Waals surface area contributed by atoms with Crippen LogP contribution < -0.4 is 11.0 Å². The van der Waals surface area contributed by atoms with Gasteiger partial charge in [0.2, 0.25) is 11.9 Å². The van der Waals surface area contributed by atoms with Gasteiger partial charge in [-0.3, -0.25) is 25.0 Å². The van der Waals surface area contributed by atoms with Gasteiger partial charge < -0.3 is 0 Å². The van der Waals surface area contributed by atoms with Crippen molar-refractivity contribution in [2.45, 2.75) is 25.6 Å². The van der Waals surface area contributed by atoms with Crippen molar-refractivity contribution in [3.05, 3.63) is 30.3 Å². The first kappa shape index (κ1) is 15.4. The summed E-state index contributed by atoms with van der Waals surface area (Å²) in [6, 6.07) is -1.44. The maximum absolute atomic E-state index is 11.2. The van der Waals surface area contributed by atoms with E-state index in [2.05, 4.69) is 0 Å². The summed E-state index contributed by atoms with van der Waals surface area (Å²) in [6.07, 6.45) is -2.35. The maximum atomic E-state index is 11.2. The van der Waals surface area contributed by atoms with Gasteiger partial charge in [-0.05, 0) is 0 Å². The lowest BCUT2D eigenvalue weighted by Crippen LogP contribution is -2.66. The second-order valence-corrected chi connectivity index (χ2v) is 3.88. The van der Waals surface area contributed by atoms with Gasteiger partial charge in [-0.25, -0.2) is 15.1 Å². The van der Waals surface area contributed by atoms with Crippen LogP contribution in [0.25, 0.3) is 0 Å². The molecule has 0 aliphatic carbocycles. The Hall–Kier alpha value is -2.61. The van der Waals surface area contributed by atoms with Crippen molar-refractivity contribution in [1.82, 2.24) is 21.2 Å². The first-order chi connectivity index (χ1) is 9.22. The van der Waals surface area contributed by atoms with Crippen LogP contribution in [0.2, 0.25) is 0 Å². The zero-order chi connectivity index (χ0) is 15.4. The molecule has 1 aliphatic rings. The molecular formula is C6H11N7O7. The van der Waals surface area contributed by atoms with Gasteiger partial charge in [0.15, 0.2) is 5.03 Å². The molecule has 1 amide bonds. The van der Waals surface area contributed by atoms with Crippen LogP contribution in [0.5, 0.6) is 0 Å². The fourth-order valence-electron chi connectivity index (χ4n) is 1.49. The molecule has 1 saturated heterocycles. The number of carbonyl (C=O) groups excluding carboxylic acids is 1. The lowest BCUT2D eigenvalue weighted by atomic mass is 10.1. The fraction of sp³-hybridized carbons (Fsp3) is 0.833. The van der Waals surface area contributed by atoms with Crippen LogP contribution in [-0.4, -0.2) is 49.8 Å². The molecule has 0 saturated carbocycles. The van der Waals surface area contributed by atoms with Crippen molar-refractivity contribution in [3.8, 4) is 0 Å². The third-order valence-electron chi connectivity index (χ3n) is 2.47. The van der Waals surface area contributed by atoms with E-state index >= 15 is 0 Å². The SMILES string of the molecule is CC(=O)N1CC([N+](=O)[O-])CC([N+](=O)[O-])NN([N+](=O)[O-])N1. The van der Waals surface area contributed by atoms with Crippen molar-refractivity contribution >= 4 is 5.91 Å². The summed E-state index contributed by atoms with van der Waals surface area (Å²) in [5, 5.41) is 31.8. The van der Waals surface area contributed by atoms with Crippen molar-refractivity contribution in [2.75, 3.05) is 6.54 Å². The average molecular weight is 293 g/mol. The third-order valence-corrected chi connectivity index (χ3v) is 2.47. The highest BCUT2D eigenvalue weighted by Crippen LogP contribution is 2.09. The van der Waals surface area contributed by atoms with E-state index in [1.165, 1.54) is 0 Å². The lowest BCUT2D eigenvalue weighted by molar-refractivity contribution is -0.710. The predicted octanol–water partition coefficient (Wildman–Crippen LogP) is -2.10. The number of hydrazine groups is 4. The molecule has 0 aromatic heterocycles. The van der Waals surface area contributed by atoms with Gasteiger partial charge in [0.05, 0.1) is 5.23 Å². The highest BCUT2D eigenvalue weighted by atomic mass is 16.7. The van der Waals surface area contributed by atoms with E-state index in [0.717, 1.165) is 6.92 Å². The molecule has 0 spiro atoms. The highest BCUT2D eigenvalue weighted by Gasteiger charge is 2.41. The van der Waals surface area contributed by atoms with Crippen LogP contribution >= 0.6 is 0 Å². The van der Waals surface area contributed by atoms with E-state index in [0.29, 0.717) is 5.01 Å². The number of amides is 1. The maximum Gasteiger partial charge on any atom is 0.294 e. The van der Waals surface area contributed by atoms with Crippen LogP contribution in [0.4, 0.5) is 0 Å². The Labute approximate surface area is 110 Å². The number of carbonyl (C=O) groups is 1. The monoisotopic (exact) mass is 293 g/mol. The Morgan fingerprint density at radius 3 is 2.20 bits per heavy atom. The molecule has 14 nitrogen and oxygen atoms in total. The number of nitrogens with one attached hydrogen (secondary N) is 2. The minimum absolute atomic E-state index is 0.0189. The normalized spacial score (nSPS) is 23.6. The summed E-state index contributed by atoms with van der Waals surface area (Å²) in [7, 11) is 0. The van der Waals surface area contributed by atoms with E-state index in [1.54, 1.807) is 0 Å². The molecule has 2 N–H and O–H groups in total. The molecule has 20 heavy (non-hydrogen) atoms. The Bertz CT molecular complexity index is 353. The molecule has 2 atom stereocenters. The zero-order valence-electron chi connectivity index (χ0n) is 10.2. The molecule has 1 heterocycles. The molecule has 0 radical (unpaired) electrons. The van der Waals surface area contributed by atoms with Crippen LogP contribution in [0.15, 0.2) is 0 Å². The van der Waals surface area contributed by atoms with Crippen LogP contribution in [0.1, 0.15) is 13.3 Å². The summed E-state index contributed by atoms with van der Waals surface area (Å²) < 4.78 is 0. The topological polar surface area (TPSA) is 177 Å². The van der Waals surface area contributed by atoms with Crippen LogP contribution in [0, 0.1) is 30.3 Å². The smallest absolute Gasteiger partial charge is 0.274 e. The average Bonchev–Trinajstić information content (AvgIpc) is 2.26. The molecule has 112 valence electrons. The van der Waals surface area contributed by atoms with E-state index in [-0.39, 0.29) is 5.23 Å². The number of hydrogen-bond donors (Lipinski definition) is 2. The van der Waals surface area contributed by atoms with Gasteiger partial charge >= 0.3 is 0 Å². The zero-order valence-corrected chi connectivity index (χ0v) is 10.2. The number of rotatable bonds is 3. The molecule has 0 bridgehead atoms. The third kappa shape index (κ3) is 3.69. The van der Waals surface area contributed by atoms with Gasteiger partial charge in [0.1, 0.15) is 13.0 Å². The highest BCUT2D eigenvalue weighted by molar-refractivity contribution is 5.72. The first-order valence-electron chi connectivity index (χ1n) is 5.24. The van der Waals surface area contributed by atoms with Crippen molar-refractivity contribution in [2.24, 2.45) is 0 Å².